The summed E-state index contributed by atoms with van der Waals surface area (Å²) in [5.74, 6) is 3.10. The van der Waals surface area contributed by atoms with Gasteiger partial charge in [-0.05, 0) is 19.1 Å². The van der Waals surface area contributed by atoms with Crippen molar-refractivity contribution >= 4 is 11.8 Å². The van der Waals surface area contributed by atoms with Gasteiger partial charge in [0, 0.05) is 18.7 Å². The highest BCUT2D eigenvalue weighted by molar-refractivity contribution is 7.98. The molecule has 0 N–H and O–H groups in total. The normalized spacial score (nSPS) is 10.9. The van der Waals surface area contributed by atoms with Crippen LogP contribution in [0.2, 0.25) is 0 Å². The van der Waals surface area contributed by atoms with Gasteiger partial charge in [0.2, 0.25) is 0 Å². The van der Waals surface area contributed by atoms with Crippen LogP contribution in [0.5, 0.6) is 5.75 Å². The number of hydrogen-bond acceptors (Lipinski definition) is 6. The van der Waals surface area contributed by atoms with Gasteiger partial charge in [0.25, 0.3) is 0 Å². The van der Waals surface area contributed by atoms with E-state index in [0.717, 1.165) is 33.7 Å². The van der Waals surface area contributed by atoms with Crippen LogP contribution >= 0.6 is 11.8 Å². The number of benzene rings is 1. The van der Waals surface area contributed by atoms with E-state index >= 15 is 0 Å². The van der Waals surface area contributed by atoms with E-state index in [4.69, 9.17) is 9.26 Å². The molecule has 0 radical (unpaired) electrons. The molecule has 2 heterocycles. The highest BCUT2D eigenvalue weighted by atomic mass is 32.2. The molecule has 0 aliphatic carbocycles. The van der Waals surface area contributed by atoms with Crippen molar-refractivity contribution in [3.05, 3.63) is 41.8 Å². The maximum Gasteiger partial charge on any atom is 0.191 e. The monoisotopic (exact) mass is 316 g/mol. The molecule has 0 saturated carbocycles. The molecule has 1 aromatic carbocycles. The molecule has 3 rings (SSSR count). The fraction of sp³-hybridized carbons (Fsp3) is 0.267. The Morgan fingerprint density at radius 1 is 1.27 bits per heavy atom. The third-order valence-electron chi connectivity index (χ3n) is 3.18. The van der Waals surface area contributed by atoms with Gasteiger partial charge in [-0.15, -0.1) is 10.2 Å². The number of aryl methyl sites for hydroxylation is 1. The van der Waals surface area contributed by atoms with E-state index in [1.54, 1.807) is 18.9 Å². The summed E-state index contributed by atoms with van der Waals surface area (Å²) < 4.78 is 12.4. The van der Waals surface area contributed by atoms with Crippen molar-refractivity contribution < 1.29 is 9.26 Å². The molecule has 2 aromatic heterocycles. The van der Waals surface area contributed by atoms with Gasteiger partial charge < -0.3 is 13.8 Å². The molecule has 7 heteroatoms. The summed E-state index contributed by atoms with van der Waals surface area (Å²) in [6.07, 6.45) is 0. The van der Waals surface area contributed by atoms with Gasteiger partial charge in [-0.3, -0.25) is 0 Å². The maximum atomic E-state index is 5.25. The Labute approximate surface area is 132 Å². The fourth-order valence-corrected chi connectivity index (χ4v) is 2.86. The lowest BCUT2D eigenvalue weighted by molar-refractivity contribution is 0.391. The molecule has 0 aliphatic heterocycles. The van der Waals surface area contributed by atoms with E-state index in [1.807, 2.05) is 48.9 Å². The second kappa shape index (κ2) is 6.23. The topological polar surface area (TPSA) is 66.0 Å². The zero-order valence-electron chi connectivity index (χ0n) is 12.6. The average molecular weight is 316 g/mol. The summed E-state index contributed by atoms with van der Waals surface area (Å²) in [6.45, 7) is 1.90. The van der Waals surface area contributed by atoms with Crippen molar-refractivity contribution in [3.63, 3.8) is 0 Å². The fourth-order valence-electron chi connectivity index (χ4n) is 2.07. The van der Waals surface area contributed by atoms with Crippen LogP contribution in [0.25, 0.3) is 11.4 Å². The molecule has 0 unspecified atom stereocenters. The molecule has 0 fully saturated rings. The Morgan fingerprint density at radius 2 is 2.14 bits per heavy atom. The number of ether oxygens (including phenoxy) is 1. The summed E-state index contributed by atoms with van der Waals surface area (Å²) in [5.41, 5.74) is 1.85. The second-order valence-electron chi connectivity index (χ2n) is 4.82. The SMILES string of the molecule is COc1cccc(-c2nnc(SCc3cc(C)no3)n2C)c1. The van der Waals surface area contributed by atoms with Crippen LogP contribution in [0.4, 0.5) is 0 Å². The minimum absolute atomic E-state index is 0.672. The highest BCUT2D eigenvalue weighted by Gasteiger charge is 2.13. The average Bonchev–Trinajstić information content (AvgIpc) is 3.11. The van der Waals surface area contributed by atoms with Crippen LogP contribution in [0.15, 0.2) is 40.0 Å². The molecular weight excluding hydrogens is 300 g/mol. The zero-order chi connectivity index (χ0) is 15.5. The molecule has 0 aliphatic rings. The summed E-state index contributed by atoms with van der Waals surface area (Å²) in [7, 11) is 3.60. The smallest absolute Gasteiger partial charge is 0.191 e. The van der Waals surface area contributed by atoms with Crippen LogP contribution < -0.4 is 4.74 Å². The largest absolute Gasteiger partial charge is 0.497 e. The van der Waals surface area contributed by atoms with E-state index in [9.17, 15) is 0 Å². The number of thioether (sulfide) groups is 1. The summed E-state index contributed by atoms with van der Waals surface area (Å²) in [4.78, 5) is 0. The van der Waals surface area contributed by atoms with Crippen molar-refractivity contribution in [2.75, 3.05) is 7.11 Å². The summed E-state index contributed by atoms with van der Waals surface area (Å²) in [6, 6.07) is 9.69. The van der Waals surface area contributed by atoms with Crippen molar-refractivity contribution in [2.24, 2.45) is 7.05 Å². The Kier molecular flexibility index (Phi) is 4.15. The molecule has 0 saturated heterocycles. The van der Waals surface area contributed by atoms with Crippen LogP contribution in [0.1, 0.15) is 11.5 Å². The van der Waals surface area contributed by atoms with Gasteiger partial charge >= 0.3 is 0 Å². The third-order valence-corrected chi connectivity index (χ3v) is 4.23. The lowest BCUT2D eigenvalue weighted by atomic mass is 10.2. The van der Waals surface area contributed by atoms with Crippen molar-refractivity contribution in [1.82, 2.24) is 19.9 Å². The van der Waals surface area contributed by atoms with Crippen LogP contribution in [-0.4, -0.2) is 27.0 Å². The summed E-state index contributed by atoms with van der Waals surface area (Å²) >= 11 is 1.56. The van der Waals surface area contributed by atoms with Crippen molar-refractivity contribution in [2.45, 2.75) is 17.8 Å². The second-order valence-corrected chi connectivity index (χ2v) is 5.76. The van der Waals surface area contributed by atoms with E-state index in [0.29, 0.717) is 5.75 Å². The van der Waals surface area contributed by atoms with Gasteiger partial charge in [-0.25, -0.2) is 0 Å². The molecular formula is C15H16N4O2S. The number of rotatable bonds is 5. The number of methoxy groups -OCH3 is 1. The molecule has 3 aromatic rings. The van der Waals surface area contributed by atoms with Crippen molar-refractivity contribution in [1.29, 1.82) is 0 Å². The Hall–Kier alpha value is -2.28. The number of nitrogens with zero attached hydrogens (tertiary/aromatic N) is 4. The minimum Gasteiger partial charge on any atom is -0.497 e. The number of hydrogen-bond donors (Lipinski definition) is 0. The highest BCUT2D eigenvalue weighted by Crippen LogP contribution is 2.27. The Balaban J connectivity index is 1.79. The molecule has 0 bridgehead atoms. The first-order valence-electron chi connectivity index (χ1n) is 6.76. The molecule has 0 atom stereocenters. The van der Waals surface area contributed by atoms with Gasteiger partial charge in [0.1, 0.15) is 11.5 Å². The van der Waals surface area contributed by atoms with E-state index in [2.05, 4.69) is 15.4 Å². The molecule has 22 heavy (non-hydrogen) atoms. The molecule has 0 amide bonds. The minimum atomic E-state index is 0.672. The van der Waals surface area contributed by atoms with E-state index < -0.39 is 0 Å². The van der Waals surface area contributed by atoms with E-state index in [-0.39, 0.29) is 0 Å². The molecule has 6 nitrogen and oxygen atoms in total. The van der Waals surface area contributed by atoms with Gasteiger partial charge in [-0.1, -0.05) is 29.1 Å². The quantitative estimate of drug-likeness (QED) is 0.674. The van der Waals surface area contributed by atoms with Crippen LogP contribution in [-0.2, 0) is 12.8 Å². The van der Waals surface area contributed by atoms with Crippen molar-refractivity contribution in [3.8, 4) is 17.1 Å². The lowest BCUT2D eigenvalue weighted by Gasteiger charge is -2.05. The predicted molar refractivity (Wildman–Crippen MR) is 83.8 cm³/mol. The first-order valence-corrected chi connectivity index (χ1v) is 7.74. The van der Waals surface area contributed by atoms with E-state index in [1.165, 1.54) is 0 Å². The maximum absolute atomic E-state index is 5.25. The third kappa shape index (κ3) is 2.99. The summed E-state index contributed by atoms with van der Waals surface area (Å²) in [5, 5.41) is 13.2. The zero-order valence-corrected chi connectivity index (χ0v) is 13.4. The predicted octanol–water partition coefficient (Wildman–Crippen LogP) is 3.08. The van der Waals surface area contributed by atoms with Gasteiger partial charge in [-0.2, -0.15) is 0 Å². The van der Waals surface area contributed by atoms with Gasteiger partial charge in [0.15, 0.2) is 11.0 Å². The Morgan fingerprint density at radius 3 is 2.86 bits per heavy atom. The first-order chi connectivity index (χ1) is 10.7. The number of aromatic nitrogens is 4. The Bertz CT molecular complexity index is 781. The van der Waals surface area contributed by atoms with Crippen LogP contribution in [0, 0.1) is 6.92 Å². The van der Waals surface area contributed by atoms with Crippen LogP contribution in [0.3, 0.4) is 0 Å². The lowest BCUT2D eigenvalue weighted by Crippen LogP contribution is -1.95. The van der Waals surface area contributed by atoms with Gasteiger partial charge in [0.05, 0.1) is 18.6 Å². The molecule has 114 valence electrons. The first kappa shape index (κ1) is 14.6. The molecule has 0 spiro atoms. The standard InChI is InChI=1S/C15H16N4O2S/c1-10-7-13(21-18-10)9-22-15-17-16-14(19(15)2)11-5-4-6-12(8-11)20-3/h4-8H,9H2,1-3H3.